The maximum atomic E-state index is 10.8. The number of hydrogen-bond acceptors (Lipinski definition) is 4. The van der Waals surface area contributed by atoms with Crippen LogP contribution in [-0.4, -0.2) is 24.3 Å². The summed E-state index contributed by atoms with van der Waals surface area (Å²) >= 11 is 0. The van der Waals surface area contributed by atoms with E-state index in [1.165, 1.54) is 0 Å². The quantitative estimate of drug-likeness (QED) is 0.408. The van der Waals surface area contributed by atoms with Crippen molar-refractivity contribution in [1.29, 1.82) is 0 Å². The van der Waals surface area contributed by atoms with Crippen molar-refractivity contribution in [2.45, 2.75) is 26.2 Å². The van der Waals surface area contributed by atoms with Crippen LogP contribution in [0.3, 0.4) is 0 Å². The van der Waals surface area contributed by atoms with Crippen molar-refractivity contribution in [2.75, 3.05) is 13.5 Å². The highest BCUT2D eigenvalue weighted by atomic mass is 31.2. The van der Waals surface area contributed by atoms with Gasteiger partial charge in [-0.05, 0) is 6.42 Å². The molecule has 0 heterocycles. The fraction of sp³-hybridized carbons (Fsp3) is 0.857. The molecule has 1 N–H and O–H groups in total. The molecule has 0 amide bonds. The average molecular weight is 210 g/mol. The van der Waals surface area contributed by atoms with E-state index in [9.17, 15) is 9.36 Å². The van der Waals surface area contributed by atoms with Crippen molar-refractivity contribution >= 4 is 13.6 Å². The second-order valence-corrected chi connectivity index (χ2v) is 4.53. The van der Waals surface area contributed by atoms with E-state index >= 15 is 0 Å². The van der Waals surface area contributed by atoms with E-state index in [-0.39, 0.29) is 0 Å². The zero-order chi connectivity index (χ0) is 10.3. The molecule has 0 bridgehead atoms. The third-order valence-electron chi connectivity index (χ3n) is 1.25. The van der Waals surface area contributed by atoms with Crippen molar-refractivity contribution in [3.63, 3.8) is 0 Å². The zero-order valence-electron chi connectivity index (χ0n) is 7.86. The van der Waals surface area contributed by atoms with E-state index in [1.54, 1.807) is 0 Å². The van der Waals surface area contributed by atoms with Gasteiger partial charge in [-0.15, -0.1) is 0 Å². The number of unbranched alkanes of at least 4 members (excludes halogenated alkanes) is 1. The molecule has 13 heavy (non-hydrogen) atoms. The molecule has 0 fully saturated rings. The van der Waals surface area contributed by atoms with E-state index in [2.05, 4.69) is 9.26 Å². The molecule has 0 aromatic heterocycles. The summed E-state index contributed by atoms with van der Waals surface area (Å²) in [6.07, 6.45) is 1.98. The van der Waals surface area contributed by atoms with Crippen molar-refractivity contribution in [3.05, 3.63) is 0 Å². The summed E-state index contributed by atoms with van der Waals surface area (Å²) in [6, 6.07) is 0. The fourth-order valence-corrected chi connectivity index (χ4v) is 0.831. The third-order valence-corrected chi connectivity index (χ3v) is 1.83. The maximum Gasteiger partial charge on any atom is 0.327 e. The largest absolute Gasteiger partial charge is 0.438 e. The lowest BCUT2D eigenvalue weighted by atomic mass is 10.3. The zero-order valence-corrected chi connectivity index (χ0v) is 8.75. The number of ether oxygens (including phenoxy) is 1. The van der Waals surface area contributed by atoms with Gasteiger partial charge in [-0.2, -0.15) is 0 Å². The van der Waals surface area contributed by atoms with Crippen molar-refractivity contribution < 1.29 is 23.5 Å². The van der Waals surface area contributed by atoms with Crippen molar-refractivity contribution in [2.24, 2.45) is 0 Å². The van der Waals surface area contributed by atoms with Gasteiger partial charge in [0.05, 0.1) is 0 Å². The number of carbonyl (C=O) groups is 1. The van der Waals surface area contributed by atoms with E-state index in [0.717, 1.165) is 19.5 Å². The average Bonchev–Trinajstić information content (AvgIpc) is 1.98. The molecule has 0 saturated heterocycles. The predicted octanol–water partition coefficient (Wildman–Crippen LogP) is 1.51. The Labute approximate surface area is 77.6 Å². The van der Waals surface area contributed by atoms with Gasteiger partial charge in [-0.3, -0.25) is 13.9 Å². The van der Waals surface area contributed by atoms with Crippen LogP contribution in [0.25, 0.3) is 0 Å². The number of carbonyl (C=O) groups excluding carboxylic acids is 1. The van der Waals surface area contributed by atoms with Gasteiger partial charge in [0.1, 0.15) is 0 Å². The Balaban J connectivity index is 3.43. The van der Waals surface area contributed by atoms with Crippen LogP contribution in [-0.2, 0) is 18.6 Å². The standard InChI is InChI=1S/C7H15O5P/c1-3-4-5-7(8)11-6-12-13(2,9)10/h3-6H2,1-2H3,(H,9,10). The lowest BCUT2D eigenvalue weighted by Gasteiger charge is -2.07. The van der Waals surface area contributed by atoms with Gasteiger partial charge in [0.2, 0.25) is 6.79 Å². The van der Waals surface area contributed by atoms with Crippen LogP contribution in [0.2, 0.25) is 0 Å². The Hall–Kier alpha value is -0.380. The summed E-state index contributed by atoms with van der Waals surface area (Å²) in [4.78, 5) is 19.5. The maximum absolute atomic E-state index is 10.8. The minimum absolute atomic E-state index is 0.319. The highest BCUT2D eigenvalue weighted by molar-refractivity contribution is 7.51. The second-order valence-electron chi connectivity index (χ2n) is 2.67. The topological polar surface area (TPSA) is 72.8 Å². The van der Waals surface area contributed by atoms with Gasteiger partial charge >= 0.3 is 13.6 Å². The Morgan fingerprint density at radius 2 is 2.15 bits per heavy atom. The van der Waals surface area contributed by atoms with Gasteiger partial charge in [-0.1, -0.05) is 13.3 Å². The number of esters is 1. The highest BCUT2D eigenvalue weighted by Crippen LogP contribution is 2.36. The second kappa shape index (κ2) is 6.13. The van der Waals surface area contributed by atoms with Crippen LogP contribution in [0.4, 0.5) is 0 Å². The van der Waals surface area contributed by atoms with Gasteiger partial charge in [0.25, 0.3) is 0 Å². The molecule has 6 heteroatoms. The Morgan fingerprint density at radius 3 is 2.62 bits per heavy atom. The third kappa shape index (κ3) is 9.53. The molecule has 78 valence electrons. The van der Waals surface area contributed by atoms with Crippen LogP contribution >= 0.6 is 7.60 Å². The summed E-state index contributed by atoms with van der Waals surface area (Å²) in [6.45, 7) is 2.54. The summed E-state index contributed by atoms with van der Waals surface area (Å²) in [5.41, 5.74) is 0. The molecule has 0 aromatic rings. The lowest BCUT2D eigenvalue weighted by Crippen LogP contribution is -2.06. The van der Waals surface area contributed by atoms with Crippen LogP contribution in [0.15, 0.2) is 0 Å². The summed E-state index contributed by atoms with van der Waals surface area (Å²) in [5.74, 6) is -0.407. The molecule has 0 radical (unpaired) electrons. The van der Waals surface area contributed by atoms with Crippen LogP contribution in [0.1, 0.15) is 26.2 Å². The molecule has 1 atom stereocenters. The van der Waals surface area contributed by atoms with E-state index < -0.39 is 20.4 Å². The summed E-state index contributed by atoms with van der Waals surface area (Å²) < 4.78 is 19.4. The van der Waals surface area contributed by atoms with E-state index in [1.807, 2.05) is 6.92 Å². The Bertz CT molecular complexity index is 197. The molecule has 0 aliphatic heterocycles. The molecule has 0 aromatic carbocycles. The monoisotopic (exact) mass is 210 g/mol. The smallest absolute Gasteiger partial charge is 0.327 e. The first-order chi connectivity index (χ1) is 5.95. The predicted molar refractivity (Wildman–Crippen MR) is 47.3 cm³/mol. The van der Waals surface area contributed by atoms with Crippen LogP contribution in [0.5, 0.6) is 0 Å². The molecule has 5 nitrogen and oxygen atoms in total. The molecular weight excluding hydrogens is 195 g/mol. The molecule has 0 aliphatic carbocycles. The minimum atomic E-state index is -3.53. The number of hydrogen-bond donors (Lipinski definition) is 1. The number of rotatable bonds is 6. The summed E-state index contributed by atoms with van der Waals surface area (Å²) in [7, 11) is -3.53. The first-order valence-corrected chi connectivity index (χ1v) is 6.08. The first kappa shape index (κ1) is 12.6. The van der Waals surface area contributed by atoms with Gasteiger partial charge in [0, 0.05) is 13.1 Å². The van der Waals surface area contributed by atoms with Gasteiger partial charge < -0.3 is 9.63 Å². The van der Waals surface area contributed by atoms with Crippen LogP contribution in [0, 0.1) is 0 Å². The SMILES string of the molecule is CCCCC(=O)OCOP(C)(=O)O. The minimum Gasteiger partial charge on any atom is -0.438 e. The Morgan fingerprint density at radius 1 is 1.54 bits per heavy atom. The fourth-order valence-electron chi connectivity index (χ4n) is 0.583. The molecular formula is C7H15O5P. The van der Waals surface area contributed by atoms with Gasteiger partial charge in [0.15, 0.2) is 0 Å². The van der Waals surface area contributed by atoms with E-state index in [0.29, 0.717) is 6.42 Å². The molecule has 0 aliphatic rings. The molecule has 0 rings (SSSR count). The molecule has 1 unspecified atom stereocenters. The Kier molecular flexibility index (Phi) is 5.95. The van der Waals surface area contributed by atoms with Crippen LogP contribution < -0.4 is 0 Å². The van der Waals surface area contributed by atoms with Gasteiger partial charge in [-0.25, -0.2) is 0 Å². The lowest BCUT2D eigenvalue weighted by molar-refractivity contribution is -0.150. The van der Waals surface area contributed by atoms with Crippen molar-refractivity contribution in [1.82, 2.24) is 0 Å². The van der Waals surface area contributed by atoms with Crippen molar-refractivity contribution in [3.8, 4) is 0 Å². The van der Waals surface area contributed by atoms with E-state index in [4.69, 9.17) is 4.89 Å². The molecule has 0 spiro atoms. The normalized spacial score (nSPS) is 15.0. The first-order valence-electron chi connectivity index (χ1n) is 4.06. The molecule has 0 saturated carbocycles. The highest BCUT2D eigenvalue weighted by Gasteiger charge is 2.10. The summed E-state index contributed by atoms with van der Waals surface area (Å²) in [5, 5.41) is 0.